The highest BCUT2D eigenvalue weighted by molar-refractivity contribution is 6.25. The van der Waals surface area contributed by atoms with Crippen LogP contribution in [0.15, 0.2) is 48.5 Å². The van der Waals surface area contributed by atoms with E-state index in [-0.39, 0.29) is 11.8 Å². The van der Waals surface area contributed by atoms with Crippen LogP contribution in [0.3, 0.4) is 0 Å². The molecular weight excluding hydrogens is 406 g/mol. The third kappa shape index (κ3) is 2.77. The quantitative estimate of drug-likeness (QED) is 0.629. The Morgan fingerprint density at radius 2 is 1.78 bits per heavy atom. The molecule has 2 fully saturated rings. The summed E-state index contributed by atoms with van der Waals surface area (Å²) in [4.78, 5) is 41.8. The molecule has 2 aromatic carbocycles. The van der Waals surface area contributed by atoms with Gasteiger partial charge in [-0.2, -0.15) is 0 Å². The van der Waals surface area contributed by atoms with Crippen LogP contribution >= 0.6 is 0 Å². The first-order chi connectivity index (χ1) is 15.4. The maximum atomic E-state index is 13.7. The summed E-state index contributed by atoms with van der Waals surface area (Å²) in [7, 11) is 0. The highest BCUT2D eigenvalue weighted by Crippen LogP contribution is 2.53. The summed E-state index contributed by atoms with van der Waals surface area (Å²) in [6.07, 6.45) is 2.19. The lowest BCUT2D eigenvalue weighted by Gasteiger charge is -2.30. The molecule has 2 aromatic rings. The van der Waals surface area contributed by atoms with E-state index in [0.29, 0.717) is 16.9 Å². The van der Waals surface area contributed by atoms with Gasteiger partial charge in [0.25, 0.3) is 0 Å². The molecule has 0 aliphatic carbocycles. The number of hydrogen-bond acceptors (Lipinski definition) is 5. The molecule has 0 radical (unpaired) electrons. The van der Waals surface area contributed by atoms with Gasteiger partial charge in [-0.15, -0.1) is 0 Å². The average molecular weight is 434 g/mol. The first-order valence-electron chi connectivity index (χ1n) is 11.2. The number of carbonyl (C=O) groups excluding carboxylic acids is 3. The van der Waals surface area contributed by atoms with Gasteiger partial charge in [-0.25, -0.2) is 4.90 Å². The standard InChI is InChI=1S/C25H27N3O4/c1-3-4-7-15-10-12-16(13-11-15)28-22(30)19-20(23(28)31)25(27-21(19)14(2)29)17-8-5-6-9-18(17)26-24(25)32/h5-6,8-14,19-21,27,29H,3-4,7H2,1-2H3,(H,26,32)/t14-,19+,20+,21+,25+/m1/s1. The van der Waals surface area contributed by atoms with Crippen molar-refractivity contribution in [1.29, 1.82) is 0 Å². The van der Waals surface area contributed by atoms with Crippen LogP contribution in [0.4, 0.5) is 11.4 Å². The fourth-order valence-corrected chi connectivity index (χ4v) is 5.55. The summed E-state index contributed by atoms with van der Waals surface area (Å²) < 4.78 is 0. The van der Waals surface area contributed by atoms with E-state index < -0.39 is 35.4 Å². The Morgan fingerprint density at radius 1 is 1.06 bits per heavy atom. The highest BCUT2D eigenvalue weighted by atomic mass is 16.3. The van der Waals surface area contributed by atoms with Crippen molar-refractivity contribution in [3.63, 3.8) is 0 Å². The molecule has 3 aliphatic rings. The molecule has 0 unspecified atom stereocenters. The van der Waals surface area contributed by atoms with Gasteiger partial charge in [-0.1, -0.05) is 43.7 Å². The third-order valence-electron chi connectivity index (χ3n) is 7.09. The molecule has 3 N–H and O–H groups in total. The van der Waals surface area contributed by atoms with Crippen molar-refractivity contribution < 1.29 is 19.5 Å². The van der Waals surface area contributed by atoms with Crippen molar-refractivity contribution in [3.05, 3.63) is 59.7 Å². The molecule has 1 spiro atoms. The number of para-hydroxylation sites is 1. The van der Waals surface area contributed by atoms with Crippen LogP contribution in [-0.4, -0.2) is 35.0 Å². The van der Waals surface area contributed by atoms with Gasteiger partial charge < -0.3 is 10.4 Å². The molecule has 0 bridgehead atoms. The van der Waals surface area contributed by atoms with Crippen molar-refractivity contribution in [2.24, 2.45) is 11.8 Å². The van der Waals surface area contributed by atoms with Gasteiger partial charge in [-0.3, -0.25) is 19.7 Å². The maximum absolute atomic E-state index is 13.7. The predicted octanol–water partition coefficient (Wildman–Crippen LogP) is 2.33. The number of nitrogens with zero attached hydrogens (tertiary/aromatic N) is 1. The molecule has 2 saturated heterocycles. The summed E-state index contributed by atoms with van der Waals surface area (Å²) in [5, 5.41) is 16.5. The molecule has 5 rings (SSSR count). The van der Waals surface area contributed by atoms with E-state index in [1.807, 2.05) is 18.2 Å². The largest absolute Gasteiger partial charge is 0.392 e. The number of unbranched alkanes of at least 4 members (excludes halogenated alkanes) is 1. The van der Waals surface area contributed by atoms with E-state index in [1.165, 1.54) is 4.90 Å². The normalized spacial score (nSPS) is 29.4. The van der Waals surface area contributed by atoms with Gasteiger partial charge in [0.05, 0.1) is 23.6 Å². The minimum absolute atomic E-state index is 0.366. The van der Waals surface area contributed by atoms with Crippen molar-refractivity contribution in [3.8, 4) is 0 Å². The number of fused-ring (bicyclic) bond motifs is 4. The van der Waals surface area contributed by atoms with Crippen molar-refractivity contribution >= 4 is 29.1 Å². The molecular formula is C25H27N3O4. The summed E-state index contributed by atoms with van der Waals surface area (Å²) in [5.41, 5.74) is 1.53. The highest BCUT2D eigenvalue weighted by Gasteiger charge is 2.71. The van der Waals surface area contributed by atoms with Crippen LogP contribution in [0.5, 0.6) is 0 Å². The summed E-state index contributed by atoms with van der Waals surface area (Å²) in [6.45, 7) is 3.71. The second-order valence-electron chi connectivity index (χ2n) is 9.00. The second-order valence-corrected chi connectivity index (χ2v) is 9.00. The van der Waals surface area contributed by atoms with Crippen molar-refractivity contribution in [2.75, 3.05) is 10.2 Å². The first-order valence-corrected chi connectivity index (χ1v) is 11.2. The zero-order valence-corrected chi connectivity index (χ0v) is 18.2. The molecule has 0 saturated carbocycles. The third-order valence-corrected chi connectivity index (χ3v) is 7.09. The zero-order valence-electron chi connectivity index (χ0n) is 18.2. The molecule has 3 aliphatic heterocycles. The first kappa shape index (κ1) is 20.8. The summed E-state index contributed by atoms with van der Waals surface area (Å²) in [6, 6.07) is 13.9. The SMILES string of the molecule is CCCCc1ccc(N2C(=O)[C@@H]3[C@H]([C@@H](C)O)N[C@]4(C(=O)Nc5ccccc54)[C@@H]3C2=O)cc1. The minimum atomic E-state index is -1.38. The number of aryl methyl sites for hydroxylation is 1. The van der Waals surface area contributed by atoms with Crippen LogP contribution in [0.1, 0.15) is 37.8 Å². The van der Waals surface area contributed by atoms with Crippen LogP contribution in [-0.2, 0) is 26.3 Å². The number of imide groups is 1. The number of hydrogen-bond donors (Lipinski definition) is 3. The number of carbonyl (C=O) groups is 3. The summed E-state index contributed by atoms with van der Waals surface area (Å²) in [5.74, 6) is -2.93. The number of benzene rings is 2. The smallest absolute Gasteiger partial charge is 0.250 e. The molecule has 7 nitrogen and oxygen atoms in total. The van der Waals surface area contributed by atoms with Crippen molar-refractivity contribution in [1.82, 2.24) is 5.32 Å². The van der Waals surface area contributed by atoms with Crippen LogP contribution in [0.2, 0.25) is 0 Å². The Balaban J connectivity index is 1.58. The van der Waals surface area contributed by atoms with E-state index >= 15 is 0 Å². The number of rotatable bonds is 5. The summed E-state index contributed by atoms with van der Waals surface area (Å²) >= 11 is 0. The number of aliphatic hydroxyl groups excluding tert-OH is 1. The monoisotopic (exact) mass is 433 g/mol. The molecule has 0 aromatic heterocycles. The van der Waals surface area contributed by atoms with Gasteiger partial charge in [-0.05, 0) is 43.5 Å². The van der Waals surface area contributed by atoms with Crippen molar-refractivity contribution in [2.45, 2.75) is 50.8 Å². The molecule has 5 atom stereocenters. The van der Waals surface area contributed by atoms with Crippen LogP contribution < -0.4 is 15.5 Å². The van der Waals surface area contributed by atoms with E-state index in [0.717, 1.165) is 24.8 Å². The molecule has 166 valence electrons. The second kappa shape index (κ2) is 7.53. The Hall–Kier alpha value is -3.03. The van der Waals surface area contributed by atoms with E-state index in [4.69, 9.17) is 0 Å². The van der Waals surface area contributed by atoms with E-state index in [9.17, 15) is 19.5 Å². The number of amides is 3. The lowest BCUT2D eigenvalue weighted by Crippen LogP contribution is -2.54. The van der Waals surface area contributed by atoms with Gasteiger partial charge in [0, 0.05) is 17.3 Å². The van der Waals surface area contributed by atoms with E-state index in [1.54, 1.807) is 37.3 Å². The van der Waals surface area contributed by atoms with Crippen LogP contribution in [0.25, 0.3) is 0 Å². The lowest BCUT2D eigenvalue weighted by molar-refractivity contribution is -0.130. The molecule has 7 heteroatoms. The van der Waals surface area contributed by atoms with Gasteiger partial charge >= 0.3 is 0 Å². The Kier molecular flexibility index (Phi) is 4.91. The minimum Gasteiger partial charge on any atom is -0.392 e. The maximum Gasteiger partial charge on any atom is 0.250 e. The fourth-order valence-electron chi connectivity index (χ4n) is 5.55. The molecule has 32 heavy (non-hydrogen) atoms. The Morgan fingerprint density at radius 3 is 2.47 bits per heavy atom. The van der Waals surface area contributed by atoms with Gasteiger partial charge in [0.1, 0.15) is 5.54 Å². The predicted molar refractivity (Wildman–Crippen MR) is 120 cm³/mol. The fraction of sp³-hybridized carbons (Fsp3) is 0.400. The Labute approximate surface area is 186 Å². The topological polar surface area (TPSA) is 98.7 Å². The van der Waals surface area contributed by atoms with Gasteiger partial charge in [0.15, 0.2) is 0 Å². The van der Waals surface area contributed by atoms with Gasteiger partial charge in [0.2, 0.25) is 17.7 Å². The lowest BCUT2D eigenvalue weighted by atomic mass is 9.76. The zero-order chi connectivity index (χ0) is 22.6. The number of nitrogens with one attached hydrogen (secondary N) is 2. The number of aliphatic hydroxyl groups is 1. The molecule has 3 amide bonds. The Bertz CT molecular complexity index is 1100. The average Bonchev–Trinajstić information content (AvgIpc) is 3.38. The van der Waals surface area contributed by atoms with E-state index in [2.05, 4.69) is 17.6 Å². The molecule has 3 heterocycles. The van der Waals surface area contributed by atoms with Crippen LogP contribution in [0, 0.1) is 11.8 Å². The number of anilines is 2.